The molecule has 0 bridgehead atoms. The van der Waals surface area contributed by atoms with Crippen molar-refractivity contribution in [3.05, 3.63) is 70.4 Å². The molecule has 1 amide bonds. The van der Waals surface area contributed by atoms with E-state index in [-0.39, 0.29) is 5.91 Å². The molecule has 148 valence electrons. The van der Waals surface area contributed by atoms with Gasteiger partial charge < -0.3 is 0 Å². The van der Waals surface area contributed by atoms with Crippen molar-refractivity contribution in [2.75, 3.05) is 13.1 Å². The minimum Gasteiger partial charge on any atom is -0.264 e. The molecule has 1 aliphatic heterocycles. The summed E-state index contributed by atoms with van der Waals surface area (Å²) in [5, 5.41) is 7.28. The number of nitrogens with zero attached hydrogens (tertiary/aromatic N) is 4. The van der Waals surface area contributed by atoms with Crippen LogP contribution in [0, 0.1) is 0 Å². The van der Waals surface area contributed by atoms with E-state index < -0.39 is 0 Å². The lowest BCUT2D eigenvalue weighted by Crippen LogP contribution is -2.43. The number of hydrogen-bond donors (Lipinski definition) is 0. The average Bonchev–Trinajstić information content (AvgIpc) is 3.31. The van der Waals surface area contributed by atoms with Crippen LogP contribution in [0.1, 0.15) is 40.9 Å². The monoisotopic (exact) mass is 426 g/mol. The topological polar surface area (TPSA) is 41.4 Å². The Morgan fingerprint density at radius 2 is 1.72 bits per heavy atom. The zero-order chi connectivity index (χ0) is 20.0. The zero-order valence-corrected chi connectivity index (χ0v) is 17.3. The number of rotatable bonds is 3. The third-order valence-corrected chi connectivity index (χ3v) is 6.26. The lowest BCUT2D eigenvalue weighted by molar-refractivity contribution is 0.0291. The Labute approximate surface area is 179 Å². The van der Waals surface area contributed by atoms with Gasteiger partial charge in [-0.3, -0.25) is 4.79 Å². The highest BCUT2D eigenvalue weighted by Crippen LogP contribution is 2.40. The Hall–Kier alpha value is -2.34. The Bertz CT molecular complexity index is 1070. The fraction of sp³-hybridized carbons (Fsp3) is 0.273. The maximum Gasteiger partial charge on any atom is 0.304 e. The summed E-state index contributed by atoms with van der Waals surface area (Å²) in [6, 6.07) is 15.7. The first-order chi connectivity index (χ1) is 14.1. The standard InChI is InChI=1S/C22H20Cl2N4O/c23-16-8-10-17(11-9-16)27-21-18-7-3-2-6-15(18)14-19(21)20(25-27)22(29)28(24)26-12-4-1-5-13-26/h2-3,6-11H,1,4-5,12-14H2. The largest absolute Gasteiger partial charge is 0.304 e. The third kappa shape index (κ3) is 3.23. The first-order valence-electron chi connectivity index (χ1n) is 9.84. The van der Waals surface area contributed by atoms with E-state index in [0.717, 1.165) is 48.4 Å². The first kappa shape index (κ1) is 18.7. The van der Waals surface area contributed by atoms with Crippen molar-refractivity contribution in [3.63, 3.8) is 0 Å². The lowest BCUT2D eigenvalue weighted by Gasteiger charge is -2.31. The van der Waals surface area contributed by atoms with Crippen molar-refractivity contribution >= 4 is 29.3 Å². The molecule has 5 rings (SSSR count). The molecule has 2 aromatic carbocycles. The van der Waals surface area contributed by atoms with Gasteiger partial charge in [0.2, 0.25) is 0 Å². The smallest absolute Gasteiger partial charge is 0.264 e. The number of halogens is 2. The van der Waals surface area contributed by atoms with Gasteiger partial charge in [0.15, 0.2) is 5.69 Å². The number of fused-ring (bicyclic) bond motifs is 3. The molecule has 7 heteroatoms. The van der Waals surface area contributed by atoms with E-state index >= 15 is 0 Å². The van der Waals surface area contributed by atoms with Crippen LogP contribution in [-0.4, -0.2) is 38.3 Å². The van der Waals surface area contributed by atoms with Crippen molar-refractivity contribution in [2.45, 2.75) is 25.7 Å². The Kier molecular flexibility index (Phi) is 4.82. The predicted molar refractivity (Wildman–Crippen MR) is 114 cm³/mol. The number of benzene rings is 2. The van der Waals surface area contributed by atoms with Gasteiger partial charge in [-0.1, -0.05) is 42.3 Å². The summed E-state index contributed by atoms with van der Waals surface area (Å²) in [6.07, 6.45) is 3.93. The van der Waals surface area contributed by atoms with Crippen LogP contribution in [0.3, 0.4) is 0 Å². The highest BCUT2D eigenvalue weighted by atomic mass is 35.5. The van der Waals surface area contributed by atoms with Crippen LogP contribution in [0.4, 0.5) is 0 Å². The van der Waals surface area contributed by atoms with Crippen molar-refractivity contribution in [3.8, 4) is 16.9 Å². The fourth-order valence-corrected chi connectivity index (χ4v) is 4.56. The second-order valence-electron chi connectivity index (χ2n) is 7.48. The van der Waals surface area contributed by atoms with E-state index in [9.17, 15) is 4.79 Å². The number of amides is 1. The zero-order valence-electron chi connectivity index (χ0n) is 15.8. The molecular weight excluding hydrogens is 407 g/mol. The summed E-state index contributed by atoms with van der Waals surface area (Å²) in [5.41, 5.74) is 5.44. The average molecular weight is 427 g/mol. The SMILES string of the molecule is O=C(c1nn(-c2ccc(Cl)cc2)c2c1Cc1ccccc1-2)N(Cl)N1CCCCC1. The van der Waals surface area contributed by atoms with Crippen LogP contribution in [0.15, 0.2) is 48.5 Å². The van der Waals surface area contributed by atoms with E-state index in [0.29, 0.717) is 17.1 Å². The van der Waals surface area contributed by atoms with Crippen molar-refractivity contribution in [1.29, 1.82) is 0 Å². The Balaban J connectivity index is 1.60. The second-order valence-corrected chi connectivity index (χ2v) is 8.23. The normalized spacial score (nSPS) is 15.8. The highest BCUT2D eigenvalue weighted by molar-refractivity contribution is 6.30. The fourth-order valence-electron chi connectivity index (χ4n) is 4.20. The molecule has 0 N–H and O–H groups in total. The molecule has 0 saturated carbocycles. The van der Waals surface area contributed by atoms with Crippen molar-refractivity contribution in [1.82, 2.24) is 19.3 Å². The van der Waals surface area contributed by atoms with Gasteiger partial charge in [0, 0.05) is 47.4 Å². The van der Waals surface area contributed by atoms with E-state index in [2.05, 4.69) is 12.1 Å². The molecule has 1 aliphatic carbocycles. The molecule has 0 atom stereocenters. The molecule has 2 aliphatic rings. The summed E-state index contributed by atoms with van der Waals surface area (Å²) < 4.78 is 3.07. The maximum absolute atomic E-state index is 13.3. The number of piperidine rings is 1. The summed E-state index contributed by atoms with van der Waals surface area (Å²) in [4.78, 5) is 13.3. The summed E-state index contributed by atoms with van der Waals surface area (Å²) in [5.74, 6) is -0.273. The van der Waals surface area contributed by atoms with E-state index in [1.54, 1.807) is 0 Å². The molecule has 29 heavy (non-hydrogen) atoms. The molecule has 2 heterocycles. The minimum absolute atomic E-state index is 0.273. The quantitative estimate of drug-likeness (QED) is 0.428. The van der Waals surface area contributed by atoms with Crippen molar-refractivity contribution in [2.24, 2.45) is 0 Å². The molecule has 0 spiro atoms. The number of carbonyl (C=O) groups excluding carboxylic acids is 1. The number of hydrazine groups is 1. The van der Waals surface area contributed by atoms with Gasteiger partial charge in [-0.2, -0.15) is 9.63 Å². The molecule has 3 aromatic rings. The molecule has 1 saturated heterocycles. The lowest BCUT2D eigenvalue weighted by atomic mass is 10.1. The number of carbonyl (C=O) groups is 1. The van der Waals surface area contributed by atoms with Crippen LogP contribution >= 0.6 is 23.4 Å². The summed E-state index contributed by atoms with van der Waals surface area (Å²) in [6.45, 7) is 1.57. The maximum atomic E-state index is 13.3. The van der Waals surface area contributed by atoms with Crippen LogP contribution in [0.25, 0.3) is 16.9 Å². The third-order valence-electron chi connectivity index (χ3n) is 5.65. The summed E-state index contributed by atoms with van der Waals surface area (Å²) >= 11 is 12.5. The molecule has 0 unspecified atom stereocenters. The van der Waals surface area contributed by atoms with E-state index in [1.165, 1.54) is 16.5 Å². The van der Waals surface area contributed by atoms with Crippen LogP contribution in [-0.2, 0) is 6.42 Å². The van der Waals surface area contributed by atoms with Crippen LogP contribution in [0.2, 0.25) is 5.02 Å². The molecule has 5 nitrogen and oxygen atoms in total. The number of aromatic nitrogens is 2. The van der Waals surface area contributed by atoms with Crippen molar-refractivity contribution < 1.29 is 4.79 Å². The molecule has 1 aromatic heterocycles. The van der Waals surface area contributed by atoms with Crippen LogP contribution in [0.5, 0.6) is 0 Å². The van der Waals surface area contributed by atoms with Gasteiger partial charge in [-0.05, 0) is 42.7 Å². The van der Waals surface area contributed by atoms with Gasteiger partial charge in [-0.25, -0.2) is 9.69 Å². The molecular formula is C22H20Cl2N4O. The van der Waals surface area contributed by atoms with Gasteiger partial charge in [0.05, 0.1) is 11.4 Å². The second kappa shape index (κ2) is 7.48. The van der Waals surface area contributed by atoms with Crippen LogP contribution < -0.4 is 0 Å². The van der Waals surface area contributed by atoms with Gasteiger partial charge >= 0.3 is 5.91 Å². The van der Waals surface area contributed by atoms with Gasteiger partial charge in [0.25, 0.3) is 0 Å². The molecule has 0 radical (unpaired) electrons. The Morgan fingerprint density at radius 3 is 2.48 bits per heavy atom. The van der Waals surface area contributed by atoms with Gasteiger partial charge in [-0.15, -0.1) is 0 Å². The minimum atomic E-state index is -0.273. The Morgan fingerprint density at radius 1 is 1.00 bits per heavy atom. The number of hydrogen-bond acceptors (Lipinski definition) is 3. The van der Waals surface area contributed by atoms with E-state index in [4.69, 9.17) is 28.5 Å². The van der Waals surface area contributed by atoms with Gasteiger partial charge in [0.1, 0.15) is 0 Å². The first-order valence-corrected chi connectivity index (χ1v) is 10.6. The summed E-state index contributed by atoms with van der Waals surface area (Å²) in [7, 11) is 0. The molecule has 1 fully saturated rings. The predicted octanol–water partition coefficient (Wildman–Crippen LogP) is 5.09. The van der Waals surface area contributed by atoms with E-state index in [1.807, 2.05) is 46.1 Å². The highest BCUT2D eigenvalue weighted by Gasteiger charge is 2.34.